The Morgan fingerprint density at radius 3 is 2.35 bits per heavy atom. The minimum Gasteiger partial charge on any atom is -0.493 e. The van der Waals surface area contributed by atoms with Gasteiger partial charge in [-0.2, -0.15) is 0 Å². The monoisotopic (exact) mass is 316 g/mol. The van der Waals surface area contributed by atoms with Gasteiger partial charge in [0.15, 0.2) is 0 Å². The molecule has 0 spiro atoms. The van der Waals surface area contributed by atoms with Gasteiger partial charge >= 0.3 is 0 Å². The largest absolute Gasteiger partial charge is 0.493 e. The smallest absolute Gasteiger partial charge is 0.227 e. The van der Waals surface area contributed by atoms with Gasteiger partial charge in [0.25, 0.3) is 0 Å². The molecule has 2 aromatic rings. The number of carbonyl (C=O) groups is 2. The summed E-state index contributed by atoms with van der Waals surface area (Å²) in [4.78, 5) is 22.9. The maximum atomic E-state index is 12.7. The van der Waals surface area contributed by atoms with Crippen LogP contribution in [-0.4, -0.2) is 18.4 Å². The Kier molecular flexibility index (Phi) is 5.68. The third-order valence-corrected chi connectivity index (χ3v) is 2.88. The summed E-state index contributed by atoms with van der Waals surface area (Å²) in [6, 6.07) is 12.5. The maximum absolute atomic E-state index is 12.7. The average molecular weight is 316 g/mol. The Bertz CT molecular complexity index is 686. The van der Waals surface area contributed by atoms with Crippen LogP contribution < -0.4 is 15.4 Å². The first kappa shape index (κ1) is 16.5. The van der Waals surface area contributed by atoms with Gasteiger partial charge < -0.3 is 15.4 Å². The third-order valence-electron chi connectivity index (χ3n) is 2.88. The van der Waals surface area contributed by atoms with E-state index in [4.69, 9.17) is 4.74 Å². The molecule has 0 fully saturated rings. The van der Waals surface area contributed by atoms with Gasteiger partial charge in [0.05, 0.1) is 13.0 Å². The summed E-state index contributed by atoms with van der Waals surface area (Å²) in [5.74, 6) is -0.228. The first-order valence-corrected chi connectivity index (χ1v) is 7.09. The molecule has 0 unspecified atom stereocenters. The molecule has 0 saturated carbocycles. The van der Waals surface area contributed by atoms with Gasteiger partial charge in [0.1, 0.15) is 11.6 Å². The summed E-state index contributed by atoms with van der Waals surface area (Å²) in [5.41, 5.74) is 1.20. The quantitative estimate of drug-likeness (QED) is 0.860. The molecular weight excluding hydrogens is 299 g/mol. The second-order valence-electron chi connectivity index (χ2n) is 4.86. The standard InChI is InChI=1S/C17H17FN2O3/c1-12(21)19-14-3-2-4-15(11-14)20-17(22)9-10-23-16-7-5-13(18)6-8-16/h2-8,11H,9-10H2,1H3,(H,19,21)(H,20,22). The molecule has 6 heteroatoms. The van der Waals surface area contributed by atoms with Crippen LogP contribution in [0.5, 0.6) is 5.75 Å². The number of carbonyl (C=O) groups excluding carboxylic acids is 2. The molecule has 23 heavy (non-hydrogen) atoms. The molecule has 2 amide bonds. The second-order valence-corrected chi connectivity index (χ2v) is 4.86. The van der Waals surface area contributed by atoms with Gasteiger partial charge in [-0.3, -0.25) is 9.59 Å². The average Bonchev–Trinajstić information content (AvgIpc) is 2.49. The first-order chi connectivity index (χ1) is 11.0. The van der Waals surface area contributed by atoms with Crippen LogP contribution in [0.3, 0.4) is 0 Å². The molecular formula is C17H17FN2O3. The lowest BCUT2D eigenvalue weighted by atomic mass is 10.2. The molecule has 0 aliphatic heterocycles. The van der Waals surface area contributed by atoms with Crippen LogP contribution in [-0.2, 0) is 9.59 Å². The number of anilines is 2. The molecule has 2 N–H and O–H groups in total. The topological polar surface area (TPSA) is 67.4 Å². The van der Waals surface area contributed by atoms with Gasteiger partial charge in [0, 0.05) is 18.3 Å². The number of hydrogen-bond acceptors (Lipinski definition) is 3. The highest BCUT2D eigenvalue weighted by Crippen LogP contribution is 2.15. The predicted molar refractivity (Wildman–Crippen MR) is 85.9 cm³/mol. The fourth-order valence-corrected chi connectivity index (χ4v) is 1.89. The van der Waals surface area contributed by atoms with Crippen LogP contribution in [0.1, 0.15) is 13.3 Å². The number of benzene rings is 2. The molecule has 0 bridgehead atoms. The number of amides is 2. The summed E-state index contributed by atoms with van der Waals surface area (Å²) in [5, 5.41) is 5.36. The zero-order valence-electron chi connectivity index (χ0n) is 12.6. The van der Waals surface area contributed by atoms with Gasteiger partial charge in [0.2, 0.25) is 11.8 Å². The summed E-state index contributed by atoms with van der Waals surface area (Å²) in [6.07, 6.45) is 0.155. The fraction of sp³-hybridized carbons (Fsp3) is 0.176. The number of hydrogen-bond donors (Lipinski definition) is 2. The fourth-order valence-electron chi connectivity index (χ4n) is 1.89. The predicted octanol–water partition coefficient (Wildman–Crippen LogP) is 3.19. The van der Waals surface area contributed by atoms with E-state index >= 15 is 0 Å². The van der Waals surface area contributed by atoms with Gasteiger partial charge in [-0.05, 0) is 42.5 Å². The number of ether oxygens (including phenoxy) is 1. The highest BCUT2D eigenvalue weighted by atomic mass is 19.1. The highest BCUT2D eigenvalue weighted by molar-refractivity contribution is 5.93. The number of nitrogens with one attached hydrogen (secondary N) is 2. The lowest BCUT2D eigenvalue weighted by Gasteiger charge is -2.09. The molecule has 120 valence electrons. The van der Waals surface area contributed by atoms with E-state index in [0.29, 0.717) is 17.1 Å². The number of halogens is 1. The van der Waals surface area contributed by atoms with Gasteiger partial charge in [-0.1, -0.05) is 6.07 Å². The zero-order chi connectivity index (χ0) is 16.7. The summed E-state index contributed by atoms with van der Waals surface area (Å²) >= 11 is 0. The molecule has 0 aliphatic rings. The Morgan fingerprint density at radius 2 is 1.70 bits per heavy atom. The van der Waals surface area contributed by atoms with E-state index in [1.165, 1.54) is 31.2 Å². The van der Waals surface area contributed by atoms with E-state index in [-0.39, 0.29) is 30.7 Å². The van der Waals surface area contributed by atoms with Crippen molar-refractivity contribution in [3.05, 3.63) is 54.3 Å². The minimum atomic E-state index is -0.339. The van der Waals surface area contributed by atoms with Gasteiger partial charge in [-0.25, -0.2) is 4.39 Å². The lowest BCUT2D eigenvalue weighted by Crippen LogP contribution is -2.15. The molecule has 2 rings (SSSR count). The molecule has 0 heterocycles. The Morgan fingerprint density at radius 1 is 1.04 bits per heavy atom. The molecule has 0 saturated heterocycles. The van der Waals surface area contributed by atoms with Crippen LogP contribution >= 0.6 is 0 Å². The van der Waals surface area contributed by atoms with E-state index < -0.39 is 0 Å². The van der Waals surface area contributed by atoms with E-state index in [0.717, 1.165) is 0 Å². The summed E-state index contributed by atoms with van der Waals surface area (Å²) in [7, 11) is 0. The van der Waals surface area contributed by atoms with Crippen molar-refractivity contribution in [3.63, 3.8) is 0 Å². The van der Waals surface area contributed by atoms with Crippen LogP contribution in [0.4, 0.5) is 15.8 Å². The van der Waals surface area contributed by atoms with E-state index in [1.807, 2.05) is 0 Å². The van der Waals surface area contributed by atoms with Crippen molar-refractivity contribution in [3.8, 4) is 5.75 Å². The third kappa shape index (κ3) is 5.78. The van der Waals surface area contributed by atoms with E-state index in [1.54, 1.807) is 24.3 Å². The van der Waals surface area contributed by atoms with Crippen molar-refractivity contribution in [1.29, 1.82) is 0 Å². The molecule has 2 aromatic carbocycles. The van der Waals surface area contributed by atoms with Crippen LogP contribution in [0.15, 0.2) is 48.5 Å². The molecule has 0 atom stereocenters. The maximum Gasteiger partial charge on any atom is 0.227 e. The normalized spacial score (nSPS) is 10.0. The van der Waals surface area contributed by atoms with Crippen LogP contribution in [0.2, 0.25) is 0 Å². The van der Waals surface area contributed by atoms with E-state index in [9.17, 15) is 14.0 Å². The van der Waals surface area contributed by atoms with Crippen molar-refractivity contribution in [2.24, 2.45) is 0 Å². The van der Waals surface area contributed by atoms with Crippen molar-refractivity contribution in [1.82, 2.24) is 0 Å². The van der Waals surface area contributed by atoms with E-state index in [2.05, 4.69) is 10.6 Å². The minimum absolute atomic E-state index is 0.155. The number of rotatable bonds is 6. The summed E-state index contributed by atoms with van der Waals surface area (Å²) < 4.78 is 18.1. The first-order valence-electron chi connectivity index (χ1n) is 7.09. The zero-order valence-corrected chi connectivity index (χ0v) is 12.6. The highest BCUT2D eigenvalue weighted by Gasteiger charge is 2.04. The van der Waals surface area contributed by atoms with Crippen molar-refractivity contribution in [2.45, 2.75) is 13.3 Å². The molecule has 0 aromatic heterocycles. The molecule has 0 radical (unpaired) electrons. The van der Waals surface area contributed by atoms with Crippen LogP contribution in [0, 0.1) is 5.82 Å². The van der Waals surface area contributed by atoms with Gasteiger partial charge in [-0.15, -0.1) is 0 Å². The van der Waals surface area contributed by atoms with Crippen molar-refractivity contribution < 1.29 is 18.7 Å². The lowest BCUT2D eigenvalue weighted by molar-refractivity contribution is -0.116. The van der Waals surface area contributed by atoms with Crippen LogP contribution in [0.25, 0.3) is 0 Å². The SMILES string of the molecule is CC(=O)Nc1cccc(NC(=O)CCOc2ccc(F)cc2)c1. The second kappa shape index (κ2) is 7.93. The van der Waals surface area contributed by atoms with Crippen molar-refractivity contribution >= 4 is 23.2 Å². The Hall–Kier alpha value is -2.89. The summed E-state index contributed by atoms with van der Waals surface area (Å²) in [6.45, 7) is 1.60. The van der Waals surface area contributed by atoms with Crippen molar-refractivity contribution in [2.75, 3.05) is 17.2 Å². The Balaban J connectivity index is 1.80. The molecule has 5 nitrogen and oxygen atoms in total. The Labute approximate surface area is 133 Å². The molecule has 0 aliphatic carbocycles.